The number of ether oxygens (including phenoxy) is 1. The average Bonchev–Trinajstić information content (AvgIpc) is 2.07. The number of carbonyl (C=O) groups is 2. The highest BCUT2D eigenvalue weighted by molar-refractivity contribution is 6.32. The minimum Gasteiger partial charge on any atom is -0.459 e. The summed E-state index contributed by atoms with van der Waals surface area (Å²) in [6.45, 7) is 6.63. The molecule has 0 bridgehead atoms. The molecule has 0 atom stereocenters. The van der Waals surface area contributed by atoms with Crippen LogP contribution in [0.3, 0.4) is 0 Å². The molecule has 0 spiro atoms. The zero-order valence-electron chi connectivity index (χ0n) is 7.79. The highest BCUT2D eigenvalue weighted by Crippen LogP contribution is 1.91. The van der Waals surface area contributed by atoms with Crippen LogP contribution < -0.4 is 0 Å². The van der Waals surface area contributed by atoms with E-state index in [0.29, 0.717) is 13.1 Å². The molecule has 0 N–H and O–H groups in total. The van der Waals surface area contributed by atoms with Gasteiger partial charge in [-0.3, -0.25) is 4.79 Å². The average molecular weight is 173 g/mol. The predicted molar refractivity (Wildman–Crippen MR) is 44.6 cm³/mol. The zero-order valence-corrected chi connectivity index (χ0v) is 7.79. The van der Waals surface area contributed by atoms with Crippen molar-refractivity contribution in [1.82, 2.24) is 4.90 Å². The summed E-state index contributed by atoms with van der Waals surface area (Å²) >= 11 is 0. The molecule has 0 heterocycles. The Bertz CT molecular complexity index is 164. The highest BCUT2D eigenvalue weighted by atomic mass is 16.5. The summed E-state index contributed by atoms with van der Waals surface area (Å²) < 4.78 is 4.56. The second-order valence-corrected chi connectivity index (χ2v) is 2.20. The Hall–Kier alpha value is -1.06. The van der Waals surface area contributed by atoms with Gasteiger partial charge < -0.3 is 9.64 Å². The van der Waals surface area contributed by atoms with Crippen LogP contribution in [0.25, 0.3) is 0 Å². The molecule has 1 amide bonds. The number of amides is 1. The van der Waals surface area contributed by atoms with Gasteiger partial charge in [0.2, 0.25) is 0 Å². The fourth-order valence-electron chi connectivity index (χ4n) is 0.833. The van der Waals surface area contributed by atoms with Gasteiger partial charge in [-0.25, -0.2) is 4.79 Å². The predicted octanol–water partition coefficient (Wildman–Crippen LogP) is 0.418. The molecule has 0 fully saturated rings. The van der Waals surface area contributed by atoms with E-state index in [1.165, 1.54) is 4.90 Å². The van der Waals surface area contributed by atoms with Crippen molar-refractivity contribution in [3.05, 3.63) is 0 Å². The third-order valence-corrected chi connectivity index (χ3v) is 1.50. The van der Waals surface area contributed by atoms with Crippen molar-refractivity contribution in [2.45, 2.75) is 20.8 Å². The lowest BCUT2D eigenvalue weighted by molar-refractivity contribution is -0.159. The minimum absolute atomic E-state index is 0.242. The zero-order chi connectivity index (χ0) is 9.56. The molecule has 0 aromatic rings. The quantitative estimate of drug-likeness (QED) is 0.459. The molecule has 4 heteroatoms. The van der Waals surface area contributed by atoms with Crippen LogP contribution >= 0.6 is 0 Å². The van der Waals surface area contributed by atoms with Crippen molar-refractivity contribution in [2.75, 3.05) is 19.7 Å². The Balaban J connectivity index is 4.07. The number of carbonyl (C=O) groups excluding carboxylic acids is 2. The molecule has 0 saturated heterocycles. The van der Waals surface area contributed by atoms with Crippen LogP contribution in [0, 0.1) is 0 Å². The van der Waals surface area contributed by atoms with Crippen LogP contribution in [0.4, 0.5) is 0 Å². The number of rotatable bonds is 3. The second kappa shape index (κ2) is 5.57. The topological polar surface area (TPSA) is 46.6 Å². The summed E-state index contributed by atoms with van der Waals surface area (Å²) in [7, 11) is 0. The van der Waals surface area contributed by atoms with Crippen LogP contribution in [0.1, 0.15) is 20.8 Å². The Kier molecular flexibility index (Phi) is 5.08. The normalized spacial score (nSPS) is 9.25. The SMILES string of the molecule is CCOC(=O)C(=O)N(CC)CC. The van der Waals surface area contributed by atoms with Crippen LogP contribution in [-0.4, -0.2) is 36.5 Å². The number of hydrogen-bond acceptors (Lipinski definition) is 3. The summed E-state index contributed by atoms with van der Waals surface area (Å²) in [6, 6.07) is 0. The molecule has 0 radical (unpaired) electrons. The first kappa shape index (κ1) is 10.9. The number of nitrogens with zero attached hydrogens (tertiary/aromatic N) is 1. The molecule has 0 aliphatic rings. The van der Waals surface area contributed by atoms with Crippen molar-refractivity contribution in [3.8, 4) is 0 Å². The van der Waals surface area contributed by atoms with Gasteiger partial charge in [0.05, 0.1) is 6.61 Å². The molecular weight excluding hydrogens is 158 g/mol. The lowest BCUT2D eigenvalue weighted by Gasteiger charge is -2.16. The lowest BCUT2D eigenvalue weighted by atomic mass is 10.4. The third-order valence-electron chi connectivity index (χ3n) is 1.50. The molecule has 0 aromatic heterocycles. The van der Waals surface area contributed by atoms with Gasteiger partial charge in [-0.2, -0.15) is 0 Å². The Morgan fingerprint density at radius 1 is 1.17 bits per heavy atom. The second-order valence-electron chi connectivity index (χ2n) is 2.20. The first-order valence-electron chi connectivity index (χ1n) is 4.13. The van der Waals surface area contributed by atoms with E-state index in [4.69, 9.17) is 0 Å². The van der Waals surface area contributed by atoms with Gasteiger partial charge in [0.1, 0.15) is 0 Å². The summed E-state index contributed by atoms with van der Waals surface area (Å²) in [4.78, 5) is 23.5. The van der Waals surface area contributed by atoms with E-state index in [-0.39, 0.29) is 6.61 Å². The molecule has 4 nitrogen and oxygen atoms in total. The first-order chi connectivity index (χ1) is 5.67. The number of hydrogen-bond donors (Lipinski definition) is 0. The van der Waals surface area contributed by atoms with Crippen LogP contribution in [0.5, 0.6) is 0 Å². The fraction of sp³-hybridized carbons (Fsp3) is 0.750. The van der Waals surface area contributed by atoms with Crippen molar-refractivity contribution in [1.29, 1.82) is 0 Å². The van der Waals surface area contributed by atoms with Gasteiger partial charge in [0, 0.05) is 13.1 Å². The van der Waals surface area contributed by atoms with Crippen LogP contribution in [-0.2, 0) is 14.3 Å². The van der Waals surface area contributed by atoms with E-state index in [2.05, 4.69) is 4.74 Å². The largest absolute Gasteiger partial charge is 0.459 e. The third kappa shape index (κ3) is 2.90. The number of likely N-dealkylation sites (N-methyl/N-ethyl adjacent to an activating group) is 1. The Morgan fingerprint density at radius 2 is 1.67 bits per heavy atom. The smallest absolute Gasteiger partial charge is 0.397 e. The molecule has 0 aromatic carbocycles. The molecule has 12 heavy (non-hydrogen) atoms. The van der Waals surface area contributed by atoms with Crippen LogP contribution in [0.2, 0.25) is 0 Å². The minimum atomic E-state index is -0.763. The molecule has 0 aliphatic carbocycles. The molecule has 70 valence electrons. The van der Waals surface area contributed by atoms with Gasteiger partial charge >= 0.3 is 11.9 Å². The molecule has 0 saturated carbocycles. The van der Waals surface area contributed by atoms with Crippen molar-refractivity contribution in [2.24, 2.45) is 0 Å². The van der Waals surface area contributed by atoms with E-state index in [1.807, 2.05) is 13.8 Å². The van der Waals surface area contributed by atoms with Gasteiger partial charge in [0.25, 0.3) is 0 Å². The lowest BCUT2D eigenvalue weighted by Crippen LogP contribution is -2.37. The van der Waals surface area contributed by atoms with Crippen molar-refractivity contribution < 1.29 is 14.3 Å². The maximum absolute atomic E-state index is 11.1. The van der Waals surface area contributed by atoms with E-state index in [1.54, 1.807) is 6.92 Å². The molecule has 0 rings (SSSR count). The molecule has 0 aliphatic heterocycles. The standard InChI is InChI=1S/C8H15NO3/c1-4-9(5-2)7(10)8(11)12-6-3/h4-6H2,1-3H3. The van der Waals surface area contributed by atoms with Crippen molar-refractivity contribution in [3.63, 3.8) is 0 Å². The monoisotopic (exact) mass is 173 g/mol. The highest BCUT2D eigenvalue weighted by Gasteiger charge is 2.19. The summed E-state index contributed by atoms with van der Waals surface area (Å²) in [5, 5.41) is 0. The summed E-state index contributed by atoms with van der Waals surface area (Å²) in [5.41, 5.74) is 0. The van der Waals surface area contributed by atoms with E-state index >= 15 is 0 Å². The first-order valence-corrected chi connectivity index (χ1v) is 4.13. The fourth-order valence-corrected chi connectivity index (χ4v) is 0.833. The van der Waals surface area contributed by atoms with E-state index < -0.39 is 11.9 Å². The van der Waals surface area contributed by atoms with Gasteiger partial charge in [-0.1, -0.05) is 0 Å². The van der Waals surface area contributed by atoms with Crippen LogP contribution in [0.15, 0.2) is 0 Å². The van der Waals surface area contributed by atoms with Crippen molar-refractivity contribution >= 4 is 11.9 Å². The maximum Gasteiger partial charge on any atom is 0.397 e. The summed E-state index contributed by atoms with van der Waals surface area (Å²) in [5.74, 6) is -1.32. The number of esters is 1. The Morgan fingerprint density at radius 3 is 2.00 bits per heavy atom. The van der Waals surface area contributed by atoms with E-state index in [9.17, 15) is 9.59 Å². The molecular formula is C8H15NO3. The maximum atomic E-state index is 11.1. The Labute approximate surface area is 72.5 Å². The van der Waals surface area contributed by atoms with E-state index in [0.717, 1.165) is 0 Å². The van der Waals surface area contributed by atoms with Gasteiger partial charge in [-0.15, -0.1) is 0 Å². The van der Waals surface area contributed by atoms with Gasteiger partial charge in [-0.05, 0) is 20.8 Å². The summed E-state index contributed by atoms with van der Waals surface area (Å²) in [6.07, 6.45) is 0. The molecule has 0 unspecified atom stereocenters. The van der Waals surface area contributed by atoms with Gasteiger partial charge in [0.15, 0.2) is 0 Å².